The van der Waals surface area contributed by atoms with Crippen LogP contribution in [0.5, 0.6) is 11.8 Å². The lowest BCUT2D eigenvalue weighted by Crippen LogP contribution is -2.00. The summed E-state index contributed by atoms with van der Waals surface area (Å²) in [6, 6.07) is 4.16. The normalized spacial score (nSPS) is 10.7. The van der Waals surface area contributed by atoms with E-state index in [0.29, 0.717) is 17.7 Å². The van der Waals surface area contributed by atoms with Crippen molar-refractivity contribution < 1.29 is 4.74 Å². The zero-order valence-corrected chi connectivity index (χ0v) is 12.1. The minimum Gasteiger partial charge on any atom is -0.423 e. The van der Waals surface area contributed by atoms with Crippen LogP contribution in [-0.4, -0.2) is 15.0 Å². The molecule has 0 saturated carbocycles. The largest absolute Gasteiger partial charge is 0.423 e. The van der Waals surface area contributed by atoms with Gasteiger partial charge in [-0.2, -0.15) is 4.98 Å². The summed E-state index contributed by atoms with van der Waals surface area (Å²) >= 11 is 3.34. The summed E-state index contributed by atoms with van der Waals surface area (Å²) in [4.78, 5) is 12.7. The molecule has 2 rings (SSSR count). The van der Waals surface area contributed by atoms with E-state index in [9.17, 15) is 0 Å². The van der Waals surface area contributed by atoms with Gasteiger partial charge in [0.15, 0.2) is 5.75 Å². The van der Waals surface area contributed by atoms with Crippen LogP contribution in [0, 0.1) is 6.92 Å². The first-order valence-electron chi connectivity index (χ1n) is 5.68. The number of halogens is 1. The van der Waals surface area contributed by atoms with E-state index in [1.807, 2.05) is 19.1 Å². The van der Waals surface area contributed by atoms with Crippen molar-refractivity contribution in [1.82, 2.24) is 15.0 Å². The fourth-order valence-electron chi connectivity index (χ4n) is 1.46. The van der Waals surface area contributed by atoms with Crippen molar-refractivity contribution in [2.45, 2.75) is 26.7 Å². The molecule has 5 heteroatoms. The van der Waals surface area contributed by atoms with Crippen molar-refractivity contribution in [2.24, 2.45) is 0 Å². The van der Waals surface area contributed by atoms with E-state index in [1.54, 1.807) is 12.4 Å². The highest BCUT2D eigenvalue weighted by molar-refractivity contribution is 9.10. The molecule has 0 bridgehead atoms. The van der Waals surface area contributed by atoms with Gasteiger partial charge in [-0.3, -0.25) is 4.98 Å². The third kappa shape index (κ3) is 3.26. The summed E-state index contributed by atoms with van der Waals surface area (Å²) < 4.78 is 6.47. The molecule has 0 aliphatic heterocycles. The molecule has 0 radical (unpaired) electrons. The maximum absolute atomic E-state index is 5.62. The monoisotopic (exact) mass is 307 g/mol. The van der Waals surface area contributed by atoms with Gasteiger partial charge in [-0.15, -0.1) is 0 Å². The predicted molar refractivity (Wildman–Crippen MR) is 72.9 cm³/mol. The molecule has 0 atom stereocenters. The standard InChI is InChI=1S/C13H14BrN3O/c1-8(2)12-4-9(3)16-13(17-12)18-11-5-10(14)6-15-7-11/h4-8H,1-3H3. The molecular weight excluding hydrogens is 294 g/mol. The average Bonchev–Trinajstić information content (AvgIpc) is 2.28. The molecule has 0 unspecified atom stereocenters. The zero-order chi connectivity index (χ0) is 13.1. The molecule has 18 heavy (non-hydrogen) atoms. The van der Waals surface area contributed by atoms with Gasteiger partial charge in [-0.25, -0.2) is 4.98 Å². The van der Waals surface area contributed by atoms with E-state index in [1.165, 1.54) is 0 Å². The van der Waals surface area contributed by atoms with Gasteiger partial charge < -0.3 is 4.74 Å². The fourth-order valence-corrected chi connectivity index (χ4v) is 1.80. The van der Waals surface area contributed by atoms with Crippen molar-refractivity contribution in [1.29, 1.82) is 0 Å². The second-order valence-electron chi connectivity index (χ2n) is 4.31. The van der Waals surface area contributed by atoms with Gasteiger partial charge in [-0.1, -0.05) is 13.8 Å². The maximum Gasteiger partial charge on any atom is 0.322 e. The first-order chi connectivity index (χ1) is 8.54. The number of aryl methyl sites for hydroxylation is 1. The van der Waals surface area contributed by atoms with E-state index in [2.05, 4.69) is 44.7 Å². The van der Waals surface area contributed by atoms with Crippen molar-refractivity contribution in [3.8, 4) is 11.8 Å². The van der Waals surface area contributed by atoms with E-state index in [-0.39, 0.29) is 0 Å². The van der Waals surface area contributed by atoms with E-state index < -0.39 is 0 Å². The molecule has 0 saturated heterocycles. The summed E-state index contributed by atoms with van der Waals surface area (Å²) in [5.41, 5.74) is 1.87. The molecular formula is C13H14BrN3O. The maximum atomic E-state index is 5.62. The molecule has 0 aliphatic carbocycles. The van der Waals surface area contributed by atoms with Crippen LogP contribution >= 0.6 is 15.9 Å². The number of ether oxygens (including phenoxy) is 1. The SMILES string of the molecule is Cc1cc(C(C)C)nc(Oc2cncc(Br)c2)n1. The van der Waals surface area contributed by atoms with Crippen LogP contribution in [0.25, 0.3) is 0 Å². The Morgan fingerprint density at radius 3 is 2.61 bits per heavy atom. The lowest BCUT2D eigenvalue weighted by molar-refractivity contribution is 0.434. The van der Waals surface area contributed by atoms with Gasteiger partial charge >= 0.3 is 6.01 Å². The number of aromatic nitrogens is 3. The van der Waals surface area contributed by atoms with Crippen LogP contribution < -0.4 is 4.74 Å². The van der Waals surface area contributed by atoms with Gasteiger partial charge in [-0.05, 0) is 40.9 Å². The number of rotatable bonds is 3. The van der Waals surface area contributed by atoms with Crippen molar-refractivity contribution >= 4 is 15.9 Å². The molecule has 0 aliphatic rings. The summed E-state index contributed by atoms with van der Waals surface area (Å²) in [6.07, 6.45) is 3.33. The van der Waals surface area contributed by atoms with Crippen LogP contribution in [-0.2, 0) is 0 Å². The molecule has 2 heterocycles. The van der Waals surface area contributed by atoms with Gasteiger partial charge in [0.2, 0.25) is 0 Å². The fraction of sp³-hybridized carbons (Fsp3) is 0.308. The Hall–Kier alpha value is -1.49. The Bertz CT molecular complexity index is 558. The smallest absolute Gasteiger partial charge is 0.322 e. The van der Waals surface area contributed by atoms with E-state index >= 15 is 0 Å². The number of pyridine rings is 1. The highest BCUT2D eigenvalue weighted by Crippen LogP contribution is 2.22. The highest BCUT2D eigenvalue weighted by Gasteiger charge is 2.08. The van der Waals surface area contributed by atoms with Crippen molar-refractivity contribution in [3.63, 3.8) is 0 Å². The average molecular weight is 308 g/mol. The van der Waals surface area contributed by atoms with Crippen LogP contribution in [0.3, 0.4) is 0 Å². The van der Waals surface area contributed by atoms with Gasteiger partial charge in [0, 0.05) is 16.4 Å². The number of nitrogens with zero attached hydrogens (tertiary/aromatic N) is 3. The van der Waals surface area contributed by atoms with Gasteiger partial charge in [0.05, 0.1) is 11.9 Å². The van der Waals surface area contributed by atoms with Crippen LogP contribution in [0.15, 0.2) is 29.0 Å². The summed E-state index contributed by atoms with van der Waals surface area (Å²) in [6.45, 7) is 6.11. The van der Waals surface area contributed by atoms with Crippen molar-refractivity contribution in [2.75, 3.05) is 0 Å². The molecule has 0 N–H and O–H groups in total. The molecule has 0 amide bonds. The van der Waals surface area contributed by atoms with Crippen LogP contribution in [0.2, 0.25) is 0 Å². The Balaban J connectivity index is 2.29. The summed E-state index contributed by atoms with van der Waals surface area (Å²) in [7, 11) is 0. The molecule has 0 aromatic carbocycles. The van der Waals surface area contributed by atoms with Crippen LogP contribution in [0.1, 0.15) is 31.2 Å². The topological polar surface area (TPSA) is 47.9 Å². The van der Waals surface area contributed by atoms with Gasteiger partial charge in [0.25, 0.3) is 0 Å². The third-order valence-electron chi connectivity index (χ3n) is 2.33. The minimum atomic E-state index is 0.342. The van der Waals surface area contributed by atoms with Crippen LogP contribution in [0.4, 0.5) is 0 Å². The Morgan fingerprint density at radius 1 is 1.17 bits per heavy atom. The molecule has 94 valence electrons. The lowest BCUT2D eigenvalue weighted by atomic mass is 10.1. The second kappa shape index (κ2) is 5.44. The minimum absolute atomic E-state index is 0.342. The summed E-state index contributed by atoms with van der Waals surface area (Å²) in [5.74, 6) is 0.958. The third-order valence-corrected chi connectivity index (χ3v) is 2.77. The quantitative estimate of drug-likeness (QED) is 0.864. The Labute approximate surface area is 115 Å². The highest BCUT2D eigenvalue weighted by atomic mass is 79.9. The first-order valence-corrected chi connectivity index (χ1v) is 6.48. The second-order valence-corrected chi connectivity index (χ2v) is 5.23. The van der Waals surface area contributed by atoms with E-state index in [0.717, 1.165) is 15.9 Å². The molecule has 4 nitrogen and oxygen atoms in total. The molecule has 0 spiro atoms. The number of hydrogen-bond donors (Lipinski definition) is 0. The Kier molecular flexibility index (Phi) is 3.91. The molecule has 2 aromatic rings. The van der Waals surface area contributed by atoms with E-state index in [4.69, 9.17) is 4.74 Å². The summed E-state index contributed by atoms with van der Waals surface area (Å²) in [5, 5.41) is 0. The number of hydrogen-bond acceptors (Lipinski definition) is 4. The lowest BCUT2D eigenvalue weighted by Gasteiger charge is -2.09. The van der Waals surface area contributed by atoms with Crippen molar-refractivity contribution in [3.05, 3.63) is 40.4 Å². The molecule has 0 fully saturated rings. The van der Waals surface area contributed by atoms with Gasteiger partial charge in [0.1, 0.15) is 0 Å². The zero-order valence-electron chi connectivity index (χ0n) is 10.5. The first kappa shape index (κ1) is 13.0. The molecule has 2 aromatic heterocycles. The predicted octanol–water partition coefficient (Wildman–Crippen LogP) is 3.86. The Morgan fingerprint density at radius 2 is 1.94 bits per heavy atom.